The lowest BCUT2D eigenvalue weighted by Gasteiger charge is -2.30. The van der Waals surface area contributed by atoms with Crippen molar-refractivity contribution in [2.75, 3.05) is 0 Å². The van der Waals surface area contributed by atoms with Gasteiger partial charge in [-0.2, -0.15) is 4.36 Å². The zero-order valence-electron chi connectivity index (χ0n) is 26.4. The van der Waals surface area contributed by atoms with Crippen molar-refractivity contribution in [1.82, 2.24) is 4.57 Å². The molecule has 0 saturated carbocycles. The molecule has 3 aliphatic rings. The van der Waals surface area contributed by atoms with E-state index in [9.17, 15) is 0 Å². The third-order valence-corrected chi connectivity index (χ3v) is 13.0. The van der Waals surface area contributed by atoms with Crippen molar-refractivity contribution < 1.29 is 4.21 Å². The standard InChI is InChI=1S/C45H28N2OS/c48-49(30-15-2-1-3-16-30)42(28-29-14-4-12-24-40(29)46-49)47-41-25-13-8-19-33(41)34-26-27-39-43(44(34)47)35-20-7-11-23-38(35)45(39)36-21-9-5-17-31(36)32-18-6-10-22-37(32)45/h1-28H. The van der Waals surface area contributed by atoms with Crippen LogP contribution in [-0.2, 0) is 15.1 Å². The molecule has 230 valence electrons. The van der Waals surface area contributed by atoms with E-state index >= 15 is 4.21 Å². The van der Waals surface area contributed by atoms with E-state index in [2.05, 4.69) is 126 Å². The Bertz CT molecular complexity index is 2840. The average molecular weight is 645 g/mol. The minimum Gasteiger partial charge on any atom is -0.300 e. The third kappa shape index (κ3) is 3.29. The number of rotatable bonds is 2. The monoisotopic (exact) mass is 644 g/mol. The van der Waals surface area contributed by atoms with Gasteiger partial charge >= 0.3 is 0 Å². The van der Waals surface area contributed by atoms with Crippen molar-refractivity contribution in [3.63, 3.8) is 0 Å². The molecule has 0 N–H and O–H groups in total. The van der Waals surface area contributed by atoms with Crippen molar-refractivity contribution in [2.24, 2.45) is 4.36 Å². The maximum Gasteiger partial charge on any atom is 0.126 e. The molecule has 1 aliphatic heterocycles. The summed E-state index contributed by atoms with van der Waals surface area (Å²) in [5.41, 5.74) is 13.4. The van der Waals surface area contributed by atoms with Crippen LogP contribution in [0.15, 0.2) is 173 Å². The quantitative estimate of drug-likeness (QED) is 0.184. The Kier molecular flexibility index (Phi) is 5.27. The summed E-state index contributed by atoms with van der Waals surface area (Å²) < 4.78 is 23.1. The van der Waals surface area contributed by atoms with Crippen LogP contribution in [0, 0.1) is 0 Å². The fraction of sp³-hybridized carbons (Fsp3) is 0.0222. The molecule has 1 aromatic heterocycles. The molecule has 1 spiro atoms. The van der Waals surface area contributed by atoms with Gasteiger partial charge in [0.25, 0.3) is 0 Å². The summed E-state index contributed by atoms with van der Waals surface area (Å²) in [4.78, 5) is 0.699. The molecule has 0 saturated heterocycles. The molecule has 8 aromatic rings. The molecule has 0 bridgehead atoms. The first-order chi connectivity index (χ1) is 24.2. The molecule has 1 unspecified atom stereocenters. The molecule has 7 aromatic carbocycles. The van der Waals surface area contributed by atoms with E-state index < -0.39 is 15.1 Å². The maximum absolute atomic E-state index is 15.8. The Morgan fingerprint density at radius 2 is 1.10 bits per heavy atom. The van der Waals surface area contributed by atoms with Crippen molar-refractivity contribution >= 4 is 48.3 Å². The molecule has 0 amide bonds. The van der Waals surface area contributed by atoms with E-state index in [4.69, 9.17) is 4.36 Å². The highest BCUT2D eigenvalue weighted by Gasteiger charge is 2.52. The van der Waals surface area contributed by atoms with Crippen LogP contribution < -0.4 is 0 Å². The maximum atomic E-state index is 15.8. The van der Waals surface area contributed by atoms with Crippen LogP contribution in [0.25, 0.3) is 55.2 Å². The van der Waals surface area contributed by atoms with Crippen LogP contribution >= 0.6 is 0 Å². The molecule has 0 radical (unpaired) electrons. The number of nitrogens with zero attached hydrogens (tertiary/aromatic N) is 2. The number of aromatic nitrogens is 1. The zero-order chi connectivity index (χ0) is 32.3. The second-order valence-corrected chi connectivity index (χ2v) is 15.2. The molecule has 4 heteroatoms. The number of hydrogen-bond donors (Lipinski definition) is 0. The molecule has 2 heterocycles. The van der Waals surface area contributed by atoms with Gasteiger partial charge < -0.3 is 0 Å². The van der Waals surface area contributed by atoms with Crippen LogP contribution in [0.1, 0.15) is 27.8 Å². The highest BCUT2D eigenvalue weighted by Crippen LogP contribution is 2.64. The van der Waals surface area contributed by atoms with Gasteiger partial charge in [0, 0.05) is 21.9 Å². The third-order valence-electron chi connectivity index (χ3n) is 10.8. The van der Waals surface area contributed by atoms with Gasteiger partial charge in [-0.3, -0.25) is 4.57 Å². The fourth-order valence-corrected chi connectivity index (χ4v) is 11.1. The lowest BCUT2D eigenvalue weighted by atomic mass is 9.70. The van der Waals surface area contributed by atoms with Crippen LogP contribution in [0.5, 0.6) is 0 Å². The lowest BCUT2D eigenvalue weighted by molar-refractivity contribution is 0.682. The highest BCUT2D eigenvalue weighted by molar-refractivity contribution is 8.02. The Balaban J connectivity index is 1.34. The molecule has 49 heavy (non-hydrogen) atoms. The Morgan fingerprint density at radius 3 is 1.86 bits per heavy atom. The summed E-state index contributed by atoms with van der Waals surface area (Å²) in [6.07, 6.45) is 2.11. The molecular formula is C45H28N2OS. The number of para-hydroxylation sites is 1. The van der Waals surface area contributed by atoms with E-state index in [0.717, 1.165) is 33.1 Å². The molecule has 0 fully saturated rings. The molecular weight excluding hydrogens is 617 g/mol. The van der Waals surface area contributed by atoms with Gasteiger partial charge in [-0.25, -0.2) is 4.21 Å². The smallest absolute Gasteiger partial charge is 0.126 e. The van der Waals surface area contributed by atoms with Crippen LogP contribution in [0.4, 0.5) is 5.69 Å². The Hall–Kier alpha value is -5.97. The van der Waals surface area contributed by atoms with Gasteiger partial charge in [0.2, 0.25) is 0 Å². The van der Waals surface area contributed by atoms with Crippen molar-refractivity contribution in [2.45, 2.75) is 10.3 Å². The summed E-state index contributed by atoms with van der Waals surface area (Å²) in [6.45, 7) is 0. The largest absolute Gasteiger partial charge is 0.300 e. The van der Waals surface area contributed by atoms with Crippen LogP contribution in [0.3, 0.4) is 0 Å². The Labute approximate surface area is 284 Å². The molecule has 1 atom stereocenters. The van der Waals surface area contributed by atoms with Gasteiger partial charge in [-0.15, -0.1) is 0 Å². The first kappa shape index (κ1) is 27.0. The first-order valence-electron chi connectivity index (χ1n) is 16.7. The van der Waals surface area contributed by atoms with E-state index in [1.54, 1.807) is 0 Å². The average Bonchev–Trinajstić information content (AvgIpc) is 3.77. The number of fused-ring (bicyclic) bond motifs is 15. The lowest BCUT2D eigenvalue weighted by Crippen LogP contribution is -2.25. The van der Waals surface area contributed by atoms with E-state index in [-0.39, 0.29) is 0 Å². The summed E-state index contributed by atoms with van der Waals surface area (Å²) in [5, 5.41) is 2.94. The minimum absolute atomic E-state index is 0.479. The predicted molar refractivity (Wildman–Crippen MR) is 201 cm³/mol. The van der Waals surface area contributed by atoms with Gasteiger partial charge in [-0.1, -0.05) is 140 Å². The second kappa shape index (κ2) is 9.56. The second-order valence-electron chi connectivity index (χ2n) is 13.1. The van der Waals surface area contributed by atoms with Gasteiger partial charge in [0.15, 0.2) is 0 Å². The minimum atomic E-state index is -3.10. The number of hydrogen-bond acceptors (Lipinski definition) is 2. The normalized spacial score (nSPS) is 17.6. The summed E-state index contributed by atoms with van der Waals surface area (Å²) >= 11 is 0. The van der Waals surface area contributed by atoms with Gasteiger partial charge in [-0.05, 0) is 69.3 Å². The molecule has 2 aliphatic carbocycles. The van der Waals surface area contributed by atoms with Crippen LogP contribution in [-0.4, -0.2) is 8.78 Å². The van der Waals surface area contributed by atoms with Crippen molar-refractivity contribution in [3.8, 4) is 22.3 Å². The van der Waals surface area contributed by atoms with E-state index in [1.165, 1.54) is 44.5 Å². The molecule has 11 rings (SSSR count). The van der Waals surface area contributed by atoms with Crippen molar-refractivity contribution in [1.29, 1.82) is 0 Å². The SMILES string of the molecule is O=S1(c2ccccc2)=Nc2ccccc2C=C1n1c2ccccc2c2ccc3c(c21)-c1ccccc1C31c2ccccc2-c2ccccc21. The van der Waals surface area contributed by atoms with Crippen LogP contribution in [0.2, 0.25) is 0 Å². The molecule has 3 nitrogen and oxygen atoms in total. The Morgan fingerprint density at radius 1 is 0.510 bits per heavy atom. The van der Waals surface area contributed by atoms with Crippen molar-refractivity contribution in [3.05, 3.63) is 192 Å². The van der Waals surface area contributed by atoms with Gasteiger partial charge in [0.1, 0.15) is 14.8 Å². The fourth-order valence-electron chi connectivity index (χ4n) is 8.92. The van der Waals surface area contributed by atoms with Gasteiger partial charge in [0.05, 0.1) is 27.0 Å². The topological polar surface area (TPSA) is 34.4 Å². The van der Waals surface area contributed by atoms with E-state index in [0.29, 0.717) is 9.92 Å². The predicted octanol–water partition coefficient (Wildman–Crippen LogP) is 11.3. The zero-order valence-corrected chi connectivity index (χ0v) is 27.2. The first-order valence-corrected chi connectivity index (χ1v) is 18.2. The summed E-state index contributed by atoms with van der Waals surface area (Å²) in [7, 11) is -3.10. The summed E-state index contributed by atoms with van der Waals surface area (Å²) in [6, 6.07) is 57.7. The summed E-state index contributed by atoms with van der Waals surface area (Å²) in [5.74, 6) is 0. The van der Waals surface area contributed by atoms with E-state index in [1.807, 2.05) is 48.5 Å². The number of benzene rings is 7. The highest BCUT2D eigenvalue weighted by atomic mass is 32.2.